The molecule has 0 fully saturated rings. The first kappa shape index (κ1) is 17.9. The number of aromatic nitrogens is 1. The van der Waals surface area contributed by atoms with Crippen molar-refractivity contribution in [3.63, 3.8) is 0 Å². The van der Waals surface area contributed by atoms with Crippen LogP contribution in [0.15, 0.2) is 42.6 Å². The number of halogens is 1. The molecule has 2 aromatic rings. The van der Waals surface area contributed by atoms with Gasteiger partial charge in [-0.2, -0.15) is 0 Å². The standard InChI is InChI=1S/C17H20ClN3O3/c1-3-23-16-15(5-4-10-19-16)20-17(22)21(2)11-12-24-14-8-6-13(18)7-9-14/h4-10H,3,11-12H2,1-2H3,(H,20,22). The van der Waals surface area contributed by atoms with Gasteiger partial charge in [0.05, 0.1) is 13.2 Å². The molecular weight excluding hydrogens is 330 g/mol. The fraction of sp³-hybridized carbons (Fsp3) is 0.294. The second-order valence-electron chi connectivity index (χ2n) is 4.94. The lowest BCUT2D eigenvalue weighted by Gasteiger charge is -2.19. The van der Waals surface area contributed by atoms with Crippen LogP contribution in [0.25, 0.3) is 0 Å². The average molecular weight is 350 g/mol. The van der Waals surface area contributed by atoms with Gasteiger partial charge in [-0.05, 0) is 43.3 Å². The summed E-state index contributed by atoms with van der Waals surface area (Å²) in [6, 6.07) is 10.3. The first-order valence-corrected chi connectivity index (χ1v) is 7.96. The summed E-state index contributed by atoms with van der Waals surface area (Å²) >= 11 is 5.82. The Labute approximate surface area is 146 Å². The monoisotopic (exact) mass is 349 g/mol. The number of carbonyl (C=O) groups is 1. The summed E-state index contributed by atoms with van der Waals surface area (Å²) in [6.45, 7) is 3.14. The molecule has 7 heteroatoms. The normalized spacial score (nSPS) is 10.1. The summed E-state index contributed by atoms with van der Waals surface area (Å²) in [5, 5.41) is 3.43. The molecule has 0 bridgehead atoms. The van der Waals surface area contributed by atoms with E-state index in [1.807, 2.05) is 6.92 Å². The third-order valence-electron chi connectivity index (χ3n) is 3.15. The maximum atomic E-state index is 12.2. The van der Waals surface area contributed by atoms with Gasteiger partial charge in [0.15, 0.2) is 0 Å². The van der Waals surface area contributed by atoms with E-state index in [0.29, 0.717) is 42.1 Å². The molecule has 1 N–H and O–H groups in total. The van der Waals surface area contributed by atoms with Gasteiger partial charge in [-0.25, -0.2) is 9.78 Å². The van der Waals surface area contributed by atoms with Crippen molar-refractivity contribution in [3.8, 4) is 11.6 Å². The average Bonchev–Trinajstić information content (AvgIpc) is 2.58. The SMILES string of the molecule is CCOc1ncccc1NC(=O)N(C)CCOc1ccc(Cl)cc1. The molecule has 0 saturated carbocycles. The van der Waals surface area contributed by atoms with Crippen molar-refractivity contribution in [2.24, 2.45) is 0 Å². The van der Waals surface area contributed by atoms with Crippen molar-refractivity contribution in [1.82, 2.24) is 9.88 Å². The van der Waals surface area contributed by atoms with Crippen LogP contribution in [-0.4, -0.2) is 42.7 Å². The van der Waals surface area contributed by atoms with E-state index in [9.17, 15) is 4.79 Å². The number of urea groups is 1. The third-order valence-corrected chi connectivity index (χ3v) is 3.40. The van der Waals surface area contributed by atoms with Gasteiger partial charge in [0.25, 0.3) is 0 Å². The molecule has 2 rings (SSSR count). The third kappa shape index (κ3) is 5.31. The minimum absolute atomic E-state index is 0.261. The smallest absolute Gasteiger partial charge is 0.321 e. The number of hydrogen-bond acceptors (Lipinski definition) is 4. The molecule has 1 aromatic heterocycles. The highest BCUT2D eigenvalue weighted by molar-refractivity contribution is 6.30. The molecule has 0 atom stereocenters. The predicted octanol–water partition coefficient (Wildman–Crippen LogP) is 3.68. The zero-order valence-corrected chi connectivity index (χ0v) is 14.4. The van der Waals surface area contributed by atoms with E-state index in [1.54, 1.807) is 49.6 Å². The Morgan fingerprint density at radius 2 is 2.00 bits per heavy atom. The van der Waals surface area contributed by atoms with Crippen molar-refractivity contribution >= 4 is 23.3 Å². The number of benzene rings is 1. The number of nitrogens with zero attached hydrogens (tertiary/aromatic N) is 2. The number of amides is 2. The first-order valence-electron chi connectivity index (χ1n) is 7.58. The molecular formula is C17H20ClN3O3. The summed E-state index contributed by atoms with van der Waals surface area (Å²) in [5.41, 5.74) is 0.537. The number of ether oxygens (including phenoxy) is 2. The van der Waals surface area contributed by atoms with E-state index in [-0.39, 0.29) is 6.03 Å². The van der Waals surface area contributed by atoms with Crippen LogP contribution in [-0.2, 0) is 0 Å². The molecule has 0 aliphatic carbocycles. The molecule has 128 valence electrons. The molecule has 24 heavy (non-hydrogen) atoms. The molecule has 0 unspecified atom stereocenters. The van der Waals surface area contributed by atoms with Crippen molar-refractivity contribution < 1.29 is 14.3 Å². The van der Waals surface area contributed by atoms with Crippen molar-refractivity contribution in [1.29, 1.82) is 0 Å². The van der Waals surface area contributed by atoms with Crippen LogP contribution >= 0.6 is 11.6 Å². The zero-order chi connectivity index (χ0) is 17.4. The Bertz CT molecular complexity index is 664. The molecule has 0 spiro atoms. The van der Waals surface area contributed by atoms with Gasteiger partial charge in [0, 0.05) is 18.3 Å². The summed E-state index contributed by atoms with van der Waals surface area (Å²) in [6.07, 6.45) is 1.62. The molecule has 0 aliphatic rings. The van der Waals surface area contributed by atoms with Crippen LogP contribution in [0, 0.1) is 0 Å². The minimum Gasteiger partial charge on any atom is -0.492 e. The van der Waals surface area contributed by atoms with Gasteiger partial charge in [-0.1, -0.05) is 11.6 Å². The van der Waals surface area contributed by atoms with Crippen LogP contribution in [0.1, 0.15) is 6.92 Å². The van der Waals surface area contributed by atoms with Gasteiger partial charge in [-0.3, -0.25) is 0 Å². The molecule has 0 saturated heterocycles. The zero-order valence-electron chi connectivity index (χ0n) is 13.7. The van der Waals surface area contributed by atoms with E-state index >= 15 is 0 Å². The van der Waals surface area contributed by atoms with E-state index in [1.165, 1.54) is 4.90 Å². The Balaban J connectivity index is 1.83. The minimum atomic E-state index is -0.261. The molecule has 6 nitrogen and oxygen atoms in total. The Hall–Kier alpha value is -2.47. The van der Waals surface area contributed by atoms with Crippen LogP contribution in [0.4, 0.5) is 10.5 Å². The molecule has 0 aliphatic heterocycles. The Morgan fingerprint density at radius 1 is 1.25 bits per heavy atom. The van der Waals surface area contributed by atoms with Gasteiger partial charge in [0.2, 0.25) is 5.88 Å². The number of nitrogens with one attached hydrogen (secondary N) is 1. The largest absolute Gasteiger partial charge is 0.492 e. The molecule has 0 radical (unpaired) electrons. The summed E-state index contributed by atoms with van der Waals surface area (Å²) < 4.78 is 11.0. The number of carbonyl (C=O) groups excluding carboxylic acids is 1. The van der Waals surface area contributed by atoms with Crippen molar-refractivity contribution in [2.45, 2.75) is 6.92 Å². The second kappa shape index (κ2) is 8.98. The lowest BCUT2D eigenvalue weighted by Crippen LogP contribution is -2.34. The topological polar surface area (TPSA) is 63.7 Å². The van der Waals surface area contributed by atoms with Gasteiger partial charge >= 0.3 is 6.03 Å². The molecule has 1 heterocycles. The van der Waals surface area contributed by atoms with Crippen LogP contribution in [0.5, 0.6) is 11.6 Å². The maximum Gasteiger partial charge on any atom is 0.321 e. The van der Waals surface area contributed by atoms with Crippen LogP contribution < -0.4 is 14.8 Å². The van der Waals surface area contributed by atoms with Crippen molar-refractivity contribution in [2.75, 3.05) is 32.1 Å². The summed E-state index contributed by atoms with van der Waals surface area (Å²) in [5.74, 6) is 1.11. The highest BCUT2D eigenvalue weighted by Gasteiger charge is 2.12. The quantitative estimate of drug-likeness (QED) is 0.828. The number of anilines is 1. The maximum absolute atomic E-state index is 12.2. The first-order chi connectivity index (χ1) is 11.6. The number of pyridine rings is 1. The van der Waals surface area contributed by atoms with E-state index < -0.39 is 0 Å². The number of likely N-dealkylation sites (N-methyl/N-ethyl adjacent to an activating group) is 1. The highest BCUT2D eigenvalue weighted by Crippen LogP contribution is 2.20. The van der Waals surface area contributed by atoms with Crippen molar-refractivity contribution in [3.05, 3.63) is 47.6 Å². The second-order valence-corrected chi connectivity index (χ2v) is 5.38. The lowest BCUT2D eigenvalue weighted by molar-refractivity contribution is 0.207. The highest BCUT2D eigenvalue weighted by atomic mass is 35.5. The van der Waals surface area contributed by atoms with E-state index in [2.05, 4.69) is 10.3 Å². The molecule has 2 amide bonds. The lowest BCUT2D eigenvalue weighted by atomic mass is 10.3. The fourth-order valence-electron chi connectivity index (χ4n) is 1.88. The predicted molar refractivity (Wildman–Crippen MR) is 94.0 cm³/mol. The summed E-state index contributed by atoms with van der Waals surface area (Å²) in [7, 11) is 1.69. The van der Waals surface area contributed by atoms with Gasteiger partial charge < -0.3 is 19.7 Å². The van der Waals surface area contributed by atoms with Gasteiger partial charge in [0.1, 0.15) is 18.0 Å². The van der Waals surface area contributed by atoms with Gasteiger partial charge in [-0.15, -0.1) is 0 Å². The number of hydrogen-bond donors (Lipinski definition) is 1. The van der Waals surface area contributed by atoms with Crippen LogP contribution in [0.3, 0.4) is 0 Å². The fourth-order valence-corrected chi connectivity index (χ4v) is 2.01. The van der Waals surface area contributed by atoms with Crippen LogP contribution in [0.2, 0.25) is 5.02 Å². The van der Waals surface area contributed by atoms with E-state index in [4.69, 9.17) is 21.1 Å². The number of rotatable bonds is 7. The summed E-state index contributed by atoms with van der Waals surface area (Å²) in [4.78, 5) is 17.8. The Morgan fingerprint density at radius 3 is 2.71 bits per heavy atom. The molecule has 1 aromatic carbocycles. The Kier molecular flexibility index (Phi) is 6.69. The van der Waals surface area contributed by atoms with E-state index in [0.717, 1.165) is 0 Å².